The van der Waals surface area contributed by atoms with Gasteiger partial charge in [-0.1, -0.05) is 161 Å². The van der Waals surface area contributed by atoms with Crippen LogP contribution in [0.2, 0.25) is 0 Å². The van der Waals surface area contributed by atoms with Crippen molar-refractivity contribution in [2.75, 3.05) is 6.54 Å². The third kappa shape index (κ3) is 42.5. The zero-order valence-electron chi connectivity index (χ0n) is 25.6. The van der Waals surface area contributed by atoms with Gasteiger partial charge in [-0.2, -0.15) is 0 Å². The Bertz CT molecular complexity index is 422. The molecule has 0 rings (SSSR count). The van der Waals surface area contributed by atoms with E-state index in [0.717, 1.165) is 19.4 Å². The van der Waals surface area contributed by atoms with E-state index in [1.165, 1.54) is 161 Å². The van der Waals surface area contributed by atoms with Gasteiger partial charge in [0.15, 0.2) is 0 Å². The third-order valence-electron chi connectivity index (χ3n) is 7.21. The molecule has 3 heteroatoms. The minimum atomic E-state index is -0.664. The van der Waals surface area contributed by atoms with E-state index in [1.54, 1.807) is 0 Å². The first-order valence-electron chi connectivity index (χ1n) is 16.8. The van der Waals surface area contributed by atoms with E-state index >= 15 is 0 Å². The molecular weight excluding hydrogens is 454 g/mol. The first-order valence-corrected chi connectivity index (χ1v) is 16.8. The Morgan fingerprint density at radius 2 is 0.784 bits per heavy atom. The van der Waals surface area contributed by atoms with Crippen molar-refractivity contribution in [3.8, 4) is 0 Å². The van der Waals surface area contributed by atoms with Crippen LogP contribution in [0.25, 0.3) is 0 Å². The SMILES string of the molecule is CCCCCCCCC=CCCCCCCCC(=O)O.CCCCCCCCCCCCCCCCN. The highest BCUT2D eigenvalue weighted by Gasteiger charge is 1.96. The second-order valence-electron chi connectivity index (χ2n) is 11.1. The second kappa shape index (κ2) is 37.3. The average molecular weight is 524 g/mol. The topological polar surface area (TPSA) is 63.3 Å². The molecular formula is C34H69NO2. The van der Waals surface area contributed by atoms with Gasteiger partial charge in [0.2, 0.25) is 0 Å². The van der Waals surface area contributed by atoms with Crippen molar-refractivity contribution in [1.82, 2.24) is 0 Å². The monoisotopic (exact) mass is 524 g/mol. The van der Waals surface area contributed by atoms with Gasteiger partial charge in [-0.15, -0.1) is 0 Å². The Labute approximate surface area is 233 Å². The predicted molar refractivity (Wildman–Crippen MR) is 166 cm³/mol. The van der Waals surface area contributed by atoms with Crippen LogP contribution in [-0.2, 0) is 4.79 Å². The molecule has 0 saturated heterocycles. The van der Waals surface area contributed by atoms with Crippen LogP contribution in [0.3, 0.4) is 0 Å². The van der Waals surface area contributed by atoms with Crippen molar-refractivity contribution in [2.45, 2.75) is 194 Å². The van der Waals surface area contributed by atoms with Gasteiger partial charge >= 0.3 is 5.97 Å². The molecule has 0 unspecified atom stereocenters. The maximum absolute atomic E-state index is 10.3. The van der Waals surface area contributed by atoms with Crippen LogP contribution >= 0.6 is 0 Å². The smallest absolute Gasteiger partial charge is 0.303 e. The minimum Gasteiger partial charge on any atom is -0.481 e. The van der Waals surface area contributed by atoms with Gasteiger partial charge < -0.3 is 10.8 Å². The van der Waals surface area contributed by atoms with Crippen LogP contribution in [0.5, 0.6) is 0 Å². The van der Waals surface area contributed by atoms with Crippen LogP contribution in [0.4, 0.5) is 0 Å². The number of carboxylic acids is 1. The van der Waals surface area contributed by atoms with E-state index in [9.17, 15) is 4.79 Å². The number of unbranched alkanes of at least 4 members (excludes halogenated alkanes) is 24. The van der Waals surface area contributed by atoms with Gasteiger partial charge in [-0.05, 0) is 45.1 Å². The summed E-state index contributed by atoms with van der Waals surface area (Å²) in [5, 5.41) is 8.51. The number of rotatable bonds is 29. The summed E-state index contributed by atoms with van der Waals surface area (Å²) in [6.45, 7) is 5.42. The van der Waals surface area contributed by atoms with Crippen LogP contribution in [-0.4, -0.2) is 17.6 Å². The van der Waals surface area contributed by atoms with E-state index in [4.69, 9.17) is 10.8 Å². The molecule has 0 aliphatic carbocycles. The number of hydrogen-bond acceptors (Lipinski definition) is 2. The van der Waals surface area contributed by atoms with Crippen LogP contribution in [0, 0.1) is 0 Å². The lowest BCUT2D eigenvalue weighted by Crippen LogP contribution is -1.97. The summed E-state index contributed by atoms with van der Waals surface area (Å²) >= 11 is 0. The zero-order chi connectivity index (χ0) is 27.5. The van der Waals surface area contributed by atoms with E-state index in [1.807, 2.05) is 0 Å². The molecule has 3 N–H and O–H groups in total. The fourth-order valence-electron chi connectivity index (χ4n) is 4.69. The van der Waals surface area contributed by atoms with Gasteiger partial charge in [0.25, 0.3) is 0 Å². The second-order valence-corrected chi connectivity index (χ2v) is 11.1. The summed E-state index contributed by atoms with van der Waals surface area (Å²) in [4.78, 5) is 10.3. The molecule has 0 fully saturated rings. The number of hydrogen-bond donors (Lipinski definition) is 2. The Kier molecular flexibility index (Phi) is 38.7. The summed E-state index contributed by atoms with van der Waals surface area (Å²) in [6, 6.07) is 0. The maximum Gasteiger partial charge on any atom is 0.303 e. The molecule has 0 heterocycles. The van der Waals surface area contributed by atoms with Crippen molar-refractivity contribution in [3.63, 3.8) is 0 Å². The minimum absolute atomic E-state index is 0.332. The number of allylic oxidation sites excluding steroid dienone is 2. The van der Waals surface area contributed by atoms with Crippen molar-refractivity contribution >= 4 is 5.97 Å². The molecule has 222 valence electrons. The fourth-order valence-corrected chi connectivity index (χ4v) is 4.69. The Hall–Kier alpha value is -0.830. The molecule has 0 bridgehead atoms. The van der Waals surface area contributed by atoms with E-state index in [2.05, 4.69) is 26.0 Å². The molecule has 0 atom stereocenters. The molecule has 0 aromatic rings. The van der Waals surface area contributed by atoms with E-state index < -0.39 is 5.97 Å². The number of nitrogens with two attached hydrogens (primary N) is 1. The van der Waals surface area contributed by atoms with E-state index in [-0.39, 0.29) is 0 Å². The fraction of sp³-hybridized carbons (Fsp3) is 0.912. The van der Waals surface area contributed by atoms with Crippen LogP contribution in [0.1, 0.15) is 194 Å². The van der Waals surface area contributed by atoms with Gasteiger partial charge in [0, 0.05) is 6.42 Å². The van der Waals surface area contributed by atoms with Crippen LogP contribution < -0.4 is 5.73 Å². The normalized spacial score (nSPS) is 11.1. The molecule has 0 spiro atoms. The summed E-state index contributed by atoms with van der Waals surface area (Å²) in [5.41, 5.74) is 5.47. The lowest BCUT2D eigenvalue weighted by Gasteiger charge is -2.02. The summed E-state index contributed by atoms with van der Waals surface area (Å²) in [7, 11) is 0. The number of aliphatic carboxylic acids is 1. The largest absolute Gasteiger partial charge is 0.481 e. The molecule has 0 saturated carbocycles. The molecule has 0 aromatic heterocycles. The molecule has 0 aliphatic heterocycles. The molecule has 0 radical (unpaired) electrons. The first kappa shape index (κ1) is 38.3. The van der Waals surface area contributed by atoms with Gasteiger partial charge in [-0.25, -0.2) is 0 Å². The summed E-state index contributed by atoms with van der Waals surface area (Å²) < 4.78 is 0. The standard InChI is InChI=1S/C18H34O2.C16H35N/c1-2-3-4-5-6-7-8-9-10-11-12-13-14-15-16-17-18(19)20;1-2-3-4-5-6-7-8-9-10-11-12-13-14-15-16-17/h9-10H,2-8,11-17H2,1H3,(H,19,20);2-17H2,1H3. The highest BCUT2D eigenvalue weighted by atomic mass is 16.4. The van der Waals surface area contributed by atoms with Crippen LogP contribution in [0.15, 0.2) is 12.2 Å². The lowest BCUT2D eigenvalue weighted by molar-refractivity contribution is -0.137. The number of carbonyl (C=O) groups is 1. The Morgan fingerprint density at radius 3 is 1.11 bits per heavy atom. The summed E-state index contributed by atoms with van der Waals surface area (Å²) in [5.74, 6) is -0.664. The average Bonchev–Trinajstić information content (AvgIpc) is 2.89. The lowest BCUT2D eigenvalue weighted by atomic mass is 10.0. The molecule has 37 heavy (non-hydrogen) atoms. The van der Waals surface area contributed by atoms with Gasteiger partial charge in [0.1, 0.15) is 0 Å². The van der Waals surface area contributed by atoms with Gasteiger partial charge in [0.05, 0.1) is 0 Å². The maximum atomic E-state index is 10.3. The van der Waals surface area contributed by atoms with E-state index in [0.29, 0.717) is 6.42 Å². The third-order valence-corrected chi connectivity index (χ3v) is 7.21. The molecule has 0 amide bonds. The van der Waals surface area contributed by atoms with Crippen molar-refractivity contribution in [1.29, 1.82) is 0 Å². The van der Waals surface area contributed by atoms with Gasteiger partial charge in [-0.3, -0.25) is 4.79 Å². The summed E-state index contributed by atoms with van der Waals surface area (Å²) in [6.07, 6.45) is 41.1. The molecule has 3 nitrogen and oxygen atoms in total. The van der Waals surface area contributed by atoms with Crippen molar-refractivity contribution < 1.29 is 9.90 Å². The highest BCUT2D eigenvalue weighted by molar-refractivity contribution is 5.66. The molecule has 0 aliphatic rings. The number of carboxylic acid groups (broad SMARTS) is 1. The Morgan fingerprint density at radius 1 is 0.486 bits per heavy atom. The highest BCUT2D eigenvalue weighted by Crippen LogP contribution is 2.13. The van der Waals surface area contributed by atoms with Crippen molar-refractivity contribution in [2.24, 2.45) is 5.73 Å². The zero-order valence-corrected chi connectivity index (χ0v) is 25.6. The van der Waals surface area contributed by atoms with Crippen molar-refractivity contribution in [3.05, 3.63) is 12.2 Å². The first-order chi connectivity index (χ1) is 18.2. The molecule has 0 aromatic carbocycles. The Balaban J connectivity index is 0. The predicted octanol–water partition coefficient (Wildman–Crippen LogP) is 11.5. The quantitative estimate of drug-likeness (QED) is 0.0756.